The van der Waals surface area contributed by atoms with Gasteiger partial charge < -0.3 is 5.32 Å². The number of anilines is 2. The van der Waals surface area contributed by atoms with Crippen molar-refractivity contribution < 1.29 is 13.2 Å². The Balaban J connectivity index is 1.95. The van der Waals surface area contributed by atoms with Crippen LogP contribution in [0.5, 0.6) is 0 Å². The Labute approximate surface area is 183 Å². The second kappa shape index (κ2) is 9.05. The van der Waals surface area contributed by atoms with Gasteiger partial charge in [0.1, 0.15) is 6.54 Å². The minimum atomic E-state index is -4.02. The van der Waals surface area contributed by atoms with Gasteiger partial charge >= 0.3 is 0 Å². The zero-order valence-corrected chi connectivity index (χ0v) is 17.9. The normalized spacial score (nSPS) is 11.1. The lowest BCUT2D eigenvalue weighted by Crippen LogP contribution is -2.38. The summed E-state index contributed by atoms with van der Waals surface area (Å²) in [6.07, 6.45) is 0. The van der Waals surface area contributed by atoms with Crippen LogP contribution in [-0.2, 0) is 14.8 Å². The summed E-state index contributed by atoms with van der Waals surface area (Å²) in [6.45, 7) is -0.486. The fraction of sp³-hybridized carbons (Fsp3) is 0.0500. The molecule has 0 unspecified atom stereocenters. The molecule has 0 aliphatic carbocycles. The molecule has 0 bridgehead atoms. The van der Waals surface area contributed by atoms with E-state index in [9.17, 15) is 13.2 Å². The van der Waals surface area contributed by atoms with Crippen LogP contribution < -0.4 is 9.62 Å². The van der Waals surface area contributed by atoms with Crippen molar-refractivity contribution in [1.29, 1.82) is 0 Å². The van der Waals surface area contributed by atoms with Gasteiger partial charge in [0.25, 0.3) is 10.0 Å². The van der Waals surface area contributed by atoms with Crippen molar-refractivity contribution in [2.45, 2.75) is 4.90 Å². The monoisotopic (exact) mass is 468 g/mol. The molecular weight excluding hydrogens is 455 g/mol. The zero-order chi connectivity index (χ0) is 21.0. The van der Waals surface area contributed by atoms with E-state index >= 15 is 0 Å². The quantitative estimate of drug-likeness (QED) is 0.520. The first-order chi connectivity index (χ1) is 13.8. The van der Waals surface area contributed by atoms with E-state index in [0.29, 0.717) is 10.0 Å². The first-order valence-corrected chi connectivity index (χ1v) is 10.9. The smallest absolute Gasteiger partial charge is 0.264 e. The van der Waals surface area contributed by atoms with E-state index < -0.39 is 22.5 Å². The predicted octanol–water partition coefficient (Wildman–Crippen LogP) is 5.48. The number of halogens is 3. The van der Waals surface area contributed by atoms with Crippen LogP contribution >= 0.6 is 34.8 Å². The lowest BCUT2D eigenvalue weighted by Gasteiger charge is -2.24. The Morgan fingerprint density at radius 3 is 2.24 bits per heavy atom. The Hall–Kier alpha value is -2.25. The Kier molecular flexibility index (Phi) is 6.70. The van der Waals surface area contributed by atoms with E-state index in [0.717, 1.165) is 4.31 Å². The number of nitrogens with one attached hydrogen (secondary N) is 1. The van der Waals surface area contributed by atoms with E-state index in [1.807, 2.05) is 0 Å². The van der Waals surface area contributed by atoms with Crippen LogP contribution in [0.25, 0.3) is 0 Å². The van der Waals surface area contributed by atoms with Crippen LogP contribution in [0.2, 0.25) is 15.1 Å². The molecular formula is C20H15Cl3N2O3S. The van der Waals surface area contributed by atoms with Crippen LogP contribution in [0.4, 0.5) is 11.4 Å². The third kappa shape index (κ3) is 5.22. The summed E-state index contributed by atoms with van der Waals surface area (Å²) in [4.78, 5) is 12.7. The molecule has 3 aromatic rings. The lowest BCUT2D eigenvalue weighted by atomic mass is 10.3. The number of sulfonamides is 1. The van der Waals surface area contributed by atoms with Gasteiger partial charge in [-0.2, -0.15) is 0 Å². The molecule has 0 fully saturated rings. The largest absolute Gasteiger partial charge is 0.323 e. The Morgan fingerprint density at radius 2 is 1.55 bits per heavy atom. The minimum absolute atomic E-state index is 0.0496. The number of benzene rings is 3. The van der Waals surface area contributed by atoms with E-state index in [-0.39, 0.29) is 21.3 Å². The molecule has 0 radical (unpaired) electrons. The summed E-state index contributed by atoms with van der Waals surface area (Å²) in [6, 6.07) is 18.7. The van der Waals surface area contributed by atoms with Crippen molar-refractivity contribution in [2.75, 3.05) is 16.2 Å². The van der Waals surface area contributed by atoms with Crippen LogP contribution in [0.3, 0.4) is 0 Å². The number of rotatable bonds is 6. The molecule has 3 rings (SSSR count). The Morgan fingerprint density at radius 1 is 0.862 bits per heavy atom. The van der Waals surface area contributed by atoms with Gasteiger partial charge in [-0.1, -0.05) is 59.1 Å². The molecule has 0 aliphatic rings. The van der Waals surface area contributed by atoms with Crippen LogP contribution in [-0.4, -0.2) is 20.9 Å². The summed E-state index contributed by atoms with van der Waals surface area (Å²) in [5.74, 6) is -0.589. The molecule has 3 aromatic carbocycles. The molecule has 5 nitrogen and oxygen atoms in total. The highest BCUT2D eigenvalue weighted by Crippen LogP contribution is 2.28. The third-order valence-corrected chi connectivity index (χ3v) is 6.50. The molecule has 1 N–H and O–H groups in total. The molecule has 0 spiro atoms. The van der Waals surface area contributed by atoms with Gasteiger partial charge in [0.2, 0.25) is 5.91 Å². The van der Waals surface area contributed by atoms with Crippen LogP contribution in [0, 0.1) is 0 Å². The fourth-order valence-corrected chi connectivity index (χ4v) is 4.53. The van der Waals surface area contributed by atoms with E-state index in [1.54, 1.807) is 42.5 Å². The predicted molar refractivity (Wildman–Crippen MR) is 118 cm³/mol. The Bertz CT molecular complexity index is 1140. The van der Waals surface area contributed by atoms with E-state index in [1.165, 1.54) is 30.3 Å². The van der Waals surface area contributed by atoms with Crippen molar-refractivity contribution in [3.8, 4) is 0 Å². The molecule has 0 atom stereocenters. The minimum Gasteiger partial charge on any atom is -0.323 e. The van der Waals surface area contributed by atoms with E-state index in [2.05, 4.69) is 5.32 Å². The highest BCUT2D eigenvalue weighted by Gasteiger charge is 2.27. The van der Waals surface area contributed by atoms with E-state index in [4.69, 9.17) is 34.8 Å². The number of amides is 1. The molecule has 150 valence electrons. The average Bonchev–Trinajstić information content (AvgIpc) is 2.69. The van der Waals surface area contributed by atoms with Crippen molar-refractivity contribution in [2.24, 2.45) is 0 Å². The van der Waals surface area contributed by atoms with Gasteiger partial charge in [-0.05, 0) is 48.5 Å². The zero-order valence-electron chi connectivity index (χ0n) is 14.8. The summed E-state index contributed by atoms with van der Waals surface area (Å²) in [5, 5.41) is 3.60. The summed E-state index contributed by atoms with van der Waals surface area (Å²) in [7, 11) is -4.02. The number of carbonyl (C=O) groups is 1. The maximum atomic E-state index is 13.2. The highest BCUT2D eigenvalue weighted by atomic mass is 35.5. The highest BCUT2D eigenvalue weighted by molar-refractivity contribution is 7.92. The van der Waals surface area contributed by atoms with Crippen molar-refractivity contribution in [3.63, 3.8) is 0 Å². The number of nitrogens with zero attached hydrogens (tertiary/aromatic N) is 1. The summed E-state index contributed by atoms with van der Waals surface area (Å²) >= 11 is 18.1. The first kappa shape index (κ1) is 21.5. The maximum absolute atomic E-state index is 13.2. The number of hydrogen-bond donors (Lipinski definition) is 1. The lowest BCUT2D eigenvalue weighted by molar-refractivity contribution is -0.114. The van der Waals surface area contributed by atoms with Gasteiger partial charge in [0.05, 0.1) is 21.3 Å². The summed E-state index contributed by atoms with van der Waals surface area (Å²) in [5.41, 5.74) is 0.543. The fourth-order valence-electron chi connectivity index (χ4n) is 2.58. The third-order valence-electron chi connectivity index (χ3n) is 3.92. The standard InChI is InChI=1S/C20H15Cl3N2O3S/c21-14-5-4-6-16(11-14)25(29(27,28)17-7-2-1-3-8-17)13-20(26)24-19-12-15(22)9-10-18(19)23/h1-12H,13H2,(H,24,26). The van der Waals surface area contributed by atoms with Crippen LogP contribution in [0.1, 0.15) is 0 Å². The van der Waals surface area contributed by atoms with Crippen molar-refractivity contribution in [3.05, 3.63) is 87.9 Å². The molecule has 0 saturated carbocycles. The topological polar surface area (TPSA) is 66.5 Å². The molecule has 0 aliphatic heterocycles. The number of carbonyl (C=O) groups excluding carboxylic acids is 1. The second-order valence-electron chi connectivity index (χ2n) is 5.98. The maximum Gasteiger partial charge on any atom is 0.264 e. The second-order valence-corrected chi connectivity index (χ2v) is 9.12. The van der Waals surface area contributed by atoms with Crippen molar-refractivity contribution in [1.82, 2.24) is 0 Å². The first-order valence-electron chi connectivity index (χ1n) is 8.35. The molecule has 9 heteroatoms. The number of hydrogen-bond acceptors (Lipinski definition) is 3. The van der Waals surface area contributed by atoms with Gasteiger partial charge in [0, 0.05) is 10.0 Å². The van der Waals surface area contributed by atoms with Crippen molar-refractivity contribution >= 4 is 62.1 Å². The van der Waals surface area contributed by atoms with Crippen LogP contribution in [0.15, 0.2) is 77.7 Å². The average molecular weight is 470 g/mol. The van der Waals surface area contributed by atoms with Gasteiger partial charge in [-0.3, -0.25) is 9.10 Å². The van der Waals surface area contributed by atoms with Gasteiger partial charge in [0.15, 0.2) is 0 Å². The van der Waals surface area contributed by atoms with Gasteiger partial charge in [-0.25, -0.2) is 8.42 Å². The molecule has 29 heavy (non-hydrogen) atoms. The summed E-state index contributed by atoms with van der Waals surface area (Å²) < 4.78 is 27.4. The molecule has 1 amide bonds. The molecule has 0 heterocycles. The van der Waals surface area contributed by atoms with Gasteiger partial charge in [-0.15, -0.1) is 0 Å². The molecule has 0 aromatic heterocycles. The SMILES string of the molecule is O=C(CN(c1cccc(Cl)c1)S(=O)(=O)c1ccccc1)Nc1cc(Cl)ccc1Cl. The molecule has 0 saturated heterocycles.